The Morgan fingerprint density at radius 1 is 0.737 bits per heavy atom. The van der Waals surface area contributed by atoms with E-state index in [1.165, 1.54) is 25.3 Å². The number of rotatable bonds is 12. The quantitative estimate of drug-likeness (QED) is 0.220. The minimum absolute atomic E-state index is 0.0557. The Kier molecular flexibility index (Phi) is 10.1. The zero-order valence-corrected chi connectivity index (χ0v) is 22.6. The number of unbranched alkanes of at least 4 members (excludes halogenated alkanes) is 4. The van der Waals surface area contributed by atoms with Gasteiger partial charge in [0.1, 0.15) is 23.9 Å². The summed E-state index contributed by atoms with van der Waals surface area (Å²) in [5.41, 5.74) is 1.71. The van der Waals surface area contributed by atoms with Gasteiger partial charge in [-0.3, -0.25) is 0 Å². The zero-order chi connectivity index (χ0) is 26.9. The molecule has 0 N–H and O–H groups in total. The fourth-order valence-electron chi connectivity index (χ4n) is 5.20. The Balaban J connectivity index is 1.32. The summed E-state index contributed by atoms with van der Waals surface area (Å²) in [6.45, 7) is 5.03. The molecule has 1 aliphatic rings. The normalized spacial score (nSPS) is 17.4. The number of hydrogen-bond acceptors (Lipinski definition) is 2. The molecule has 5 heteroatoms. The van der Waals surface area contributed by atoms with E-state index in [4.69, 9.17) is 9.47 Å². The molecule has 0 spiro atoms. The summed E-state index contributed by atoms with van der Waals surface area (Å²) in [7, 11) is 0. The molecule has 0 amide bonds. The van der Waals surface area contributed by atoms with Gasteiger partial charge in [0.25, 0.3) is 0 Å². The lowest BCUT2D eigenvalue weighted by Gasteiger charge is -2.27. The molecular formula is C33H39F3O2. The summed E-state index contributed by atoms with van der Waals surface area (Å²) in [5, 5.41) is 0. The van der Waals surface area contributed by atoms with Gasteiger partial charge in [-0.15, -0.1) is 0 Å². The fourth-order valence-corrected chi connectivity index (χ4v) is 5.20. The Hall–Kier alpha value is -2.95. The standard InChI is InChI=1S/C33H39F3O2/c1-3-4-5-6-7-20-37-28-17-14-26(31(34)21-28)22-38-27-15-12-25(13-16-27)30-19-18-29(32(35)33(30)36)24-10-8-23(2)9-11-24/h12-19,21,23-24H,3-11,20,22H2,1-2H3. The van der Waals surface area contributed by atoms with Gasteiger partial charge in [-0.05, 0) is 66.5 Å². The van der Waals surface area contributed by atoms with Gasteiger partial charge in [-0.25, -0.2) is 13.2 Å². The van der Waals surface area contributed by atoms with Crippen molar-refractivity contribution in [3.8, 4) is 22.6 Å². The van der Waals surface area contributed by atoms with E-state index >= 15 is 4.39 Å². The molecule has 0 aliphatic heterocycles. The van der Waals surface area contributed by atoms with Crippen molar-refractivity contribution in [2.75, 3.05) is 6.61 Å². The lowest BCUT2D eigenvalue weighted by molar-refractivity contribution is 0.293. The van der Waals surface area contributed by atoms with Crippen molar-refractivity contribution < 1.29 is 22.6 Å². The van der Waals surface area contributed by atoms with E-state index in [1.54, 1.807) is 48.5 Å². The van der Waals surface area contributed by atoms with E-state index in [0.717, 1.165) is 38.5 Å². The van der Waals surface area contributed by atoms with Crippen LogP contribution in [0.1, 0.15) is 88.7 Å². The van der Waals surface area contributed by atoms with Gasteiger partial charge in [0, 0.05) is 17.2 Å². The van der Waals surface area contributed by atoms with Gasteiger partial charge in [0.15, 0.2) is 11.6 Å². The van der Waals surface area contributed by atoms with Crippen molar-refractivity contribution in [3.05, 3.63) is 83.2 Å². The van der Waals surface area contributed by atoms with E-state index in [1.807, 2.05) is 0 Å². The average Bonchev–Trinajstić information content (AvgIpc) is 2.93. The molecule has 1 saturated carbocycles. The maximum atomic E-state index is 15.0. The molecule has 1 fully saturated rings. The third kappa shape index (κ3) is 7.33. The molecule has 2 nitrogen and oxygen atoms in total. The minimum atomic E-state index is -0.805. The third-order valence-corrected chi connectivity index (χ3v) is 7.67. The van der Waals surface area contributed by atoms with Crippen LogP contribution in [0.5, 0.6) is 11.5 Å². The van der Waals surface area contributed by atoms with Gasteiger partial charge in [-0.2, -0.15) is 0 Å². The summed E-state index contributed by atoms with van der Waals surface area (Å²) >= 11 is 0. The molecular weight excluding hydrogens is 485 g/mol. The van der Waals surface area contributed by atoms with Crippen molar-refractivity contribution in [1.29, 1.82) is 0 Å². The molecule has 4 rings (SSSR count). The Morgan fingerprint density at radius 3 is 2.16 bits per heavy atom. The van der Waals surface area contributed by atoms with E-state index in [-0.39, 0.29) is 23.9 Å². The van der Waals surface area contributed by atoms with Gasteiger partial charge in [0.2, 0.25) is 0 Å². The van der Waals surface area contributed by atoms with E-state index in [2.05, 4.69) is 13.8 Å². The smallest absolute Gasteiger partial charge is 0.166 e. The highest BCUT2D eigenvalue weighted by Gasteiger charge is 2.25. The van der Waals surface area contributed by atoms with Crippen LogP contribution < -0.4 is 9.47 Å². The second kappa shape index (κ2) is 13.7. The van der Waals surface area contributed by atoms with Crippen LogP contribution in [0.15, 0.2) is 54.6 Å². The number of benzene rings is 3. The predicted octanol–water partition coefficient (Wildman–Crippen LogP) is 9.99. The summed E-state index contributed by atoms with van der Waals surface area (Å²) in [6, 6.07) is 15.0. The molecule has 0 heterocycles. The van der Waals surface area contributed by atoms with Crippen LogP contribution in [0.2, 0.25) is 0 Å². The highest BCUT2D eigenvalue weighted by Crippen LogP contribution is 2.39. The summed E-state index contributed by atoms with van der Waals surface area (Å²) in [6.07, 6.45) is 9.61. The number of ether oxygens (including phenoxy) is 2. The second-order valence-electron chi connectivity index (χ2n) is 10.6. The van der Waals surface area contributed by atoms with Gasteiger partial charge in [-0.1, -0.05) is 76.6 Å². The van der Waals surface area contributed by atoms with E-state index in [0.29, 0.717) is 40.7 Å². The molecule has 0 unspecified atom stereocenters. The molecule has 3 aromatic rings. The first-order chi connectivity index (χ1) is 18.5. The fraction of sp³-hybridized carbons (Fsp3) is 0.455. The van der Waals surface area contributed by atoms with Crippen LogP contribution in [0.4, 0.5) is 13.2 Å². The molecule has 1 aliphatic carbocycles. The van der Waals surface area contributed by atoms with Crippen LogP contribution >= 0.6 is 0 Å². The summed E-state index contributed by atoms with van der Waals surface area (Å²) < 4.78 is 55.9. The molecule has 0 saturated heterocycles. The maximum absolute atomic E-state index is 15.0. The van der Waals surface area contributed by atoms with E-state index in [9.17, 15) is 8.78 Å². The van der Waals surface area contributed by atoms with Crippen molar-refractivity contribution in [2.45, 2.75) is 84.2 Å². The Labute approximate surface area is 225 Å². The van der Waals surface area contributed by atoms with Crippen molar-refractivity contribution in [3.63, 3.8) is 0 Å². The molecule has 0 aromatic heterocycles. The average molecular weight is 525 g/mol. The van der Waals surface area contributed by atoms with Crippen molar-refractivity contribution >= 4 is 0 Å². The van der Waals surface area contributed by atoms with Crippen LogP contribution in [-0.2, 0) is 6.61 Å². The van der Waals surface area contributed by atoms with Crippen molar-refractivity contribution in [2.24, 2.45) is 5.92 Å². The van der Waals surface area contributed by atoms with Crippen molar-refractivity contribution in [1.82, 2.24) is 0 Å². The lowest BCUT2D eigenvalue weighted by Crippen LogP contribution is -2.13. The van der Waals surface area contributed by atoms with Gasteiger partial charge in [0.05, 0.1) is 6.61 Å². The molecule has 0 bridgehead atoms. The van der Waals surface area contributed by atoms with Crippen LogP contribution in [0.25, 0.3) is 11.1 Å². The van der Waals surface area contributed by atoms with Crippen LogP contribution in [-0.4, -0.2) is 6.61 Å². The molecule has 0 radical (unpaired) electrons. The largest absolute Gasteiger partial charge is 0.493 e. The Morgan fingerprint density at radius 2 is 1.45 bits per heavy atom. The third-order valence-electron chi connectivity index (χ3n) is 7.67. The zero-order valence-electron chi connectivity index (χ0n) is 22.6. The summed E-state index contributed by atoms with van der Waals surface area (Å²) in [5.74, 6) is -0.142. The highest BCUT2D eigenvalue weighted by atomic mass is 19.2. The Bertz CT molecular complexity index is 1170. The lowest BCUT2D eigenvalue weighted by atomic mass is 9.79. The second-order valence-corrected chi connectivity index (χ2v) is 10.6. The maximum Gasteiger partial charge on any atom is 0.166 e. The first-order valence-electron chi connectivity index (χ1n) is 14.1. The minimum Gasteiger partial charge on any atom is -0.493 e. The SMILES string of the molecule is CCCCCCCOc1ccc(COc2ccc(-c3ccc(C4CCC(C)CC4)c(F)c3F)cc2)c(F)c1. The topological polar surface area (TPSA) is 18.5 Å². The monoisotopic (exact) mass is 524 g/mol. The highest BCUT2D eigenvalue weighted by molar-refractivity contribution is 5.65. The summed E-state index contributed by atoms with van der Waals surface area (Å²) in [4.78, 5) is 0. The number of hydrogen-bond donors (Lipinski definition) is 0. The predicted molar refractivity (Wildman–Crippen MR) is 147 cm³/mol. The van der Waals surface area contributed by atoms with Gasteiger partial charge < -0.3 is 9.47 Å². The first-order valence-corrected chi connectivity index (χ1v) is 14.1. The molecule has 204 valence electrons. The first kappa shape index (κ1) is 28.1. The number of halogens is 3. The van der Waals surface area contributed by atoms with Crippen LogP contribution in [0.3, 0.4) is 0 Å². The molecule has 3 aromatic carbocycles. The van der Waals surface area contributed by atoms with Gasteiger partial charge >= 0.3 is 0 Å². The molecule has 0 atom stereocenters. The molecule has 38 heavy (non-hydrogen) atoms. The van der Waals surface area contributed by atoms with Crippen LogP contribution in [0, 0.1) is 23.4 Å². The van der Waals surface area contributed by atoms with E-state index < -0.39 is 11.6 Å².